The molecule has 0 saturated heterocycles. The molecule has 0 bridgehead atoms. The van der Waals surface area contributed by atoms with Gasteiger partial charge in [0.2, 0.25) is 0 Å². The minimum absolute atomic E-state index is 0. The number of nitrogens with one attached hydrogen (secondary N) is 2. The van der Waals surface area contributed by atoms with Crippen LogP contribution < -0.4 is 15.4 Å². The molecule has 0 aliphatic heterocycles. The van der Waals surface area contributed by atoms with Gasteiger partial charge in [0.15, 0.2) is 12.6 Å². The second-order valence-corrected chi connectivity index (χ2v) is 5.66. The Morgan fingerprint density at radius 1 is 1.21 bits per heavy atom. The molecule has 0 fully saturated rings. The molecule has 28 heavy (non-hydrogen) atoms. The third-order valence-electron chi connectivity index (χ3n) is 3.42. The first-order chi connectivity index (χ1) is 12.9. The summed E-state index contributed by atoms with van der Waals surface area (Å²) in [6.45, 7) is 1.74. The molecule has 2 aromatic rings. The van der Waals surface area contributed by atoms with Gasteiger partial charge in [-0.25, -0.2) is 4.99 Å². The van der Waals surface area contributed by atoms with Gasteiger partial charge in [0.25, 0.3) is 0 Å². The summed E-state index contributed by atoms with van der Waals surface area (Å²) in [5, 5.41) is 16.1. The van der Waals surface area contributed by atoms with Gasteiger partial charge in [-0.15, -0.1) is 24.0 Å². The van der Waals surface area contributed by atoms with Crippen LogP contribution in [0.1, 0.15) is 24.4 Å². The standard InChI is InChI=1S/C18H22F3N3O3.HI/c1-2-22-17(24-11-15(25)16-4-3-9-26-16)23-10-13-5-7-14(8-6-13)27-12-18(19,20)21;/h3-9,15,25H,2,10-12H2,1H3,(H2,22,23,24);1H. The molecular weight excluding hydrogens is 490 g/mol. The van der Waals surface area contributed by atoms with Crippen LogP contribution in [0.4, 0.5) is 13.2 Å². The van der Waals surface area contributed by atoms with Crippen molar-refractivity contribution in [2.75, 3.05) is 19.7 Å². The number of halogens is 4. The average Bonchev–Trinajstić information content (AvgIpc) is 3.17. The van der Waals surface area contributed by atoms with Crippen molar-refractivity contribution in [3.05, 3.63) is 54.0 Å². The molecule has 2 rings (SSSR count). The summed E-state index contributed by atoms with van der Waals surface area (Å²) in [6, 6.07) is 9.61. The number of nitrogens with zero attached hydrogens (tertiary/aromatic N) is 1. The van der Waals surface area contributed by atoms with Crippen molar-refractivity contribution in [2.45, 2.75) is 25.7 Å². The van der Waals surface area contributed by atoms with Crippen molar-refractivity contribution in [1.29, 1.82) is 0 Å². The molecule has 0 aliphatic carbocycles. The lowest BCUT2D eigenvalue weighted by Crippen LogP contribution is -2.39. The number of hydrogen-bond acceptors (Lipinski definition) is 4. The molecule has 10 heteroatoms. The molecule has 1 aromatic heterocycles. The SMILES string of the molecule is CCNC(=NCc1ccc(OCC(F)(F)F)cc1)NCC(O)c1ccco1.I. The molecule has 6 nitrogen and oxygen atoms in total. The van der Waals surface area contributed by atoms with Crippen molar-refractivity contribution < 1.29 is 27.4 Å². The number of aliphatic hydroxyl groups is 1. The second-order valence-electron chi connectivity index (χ2n) is 5.66. The highest BCUT2D eigenvalue weighted by molar-refractivity contribution is 14.0. The van der Waals surface area contributed by atoms with Crippen LogP contribution in [0.2, 0.25) is 0 Å². The van der Waals surface area contributed by atoms with Crippen molar-refractivity contribution in [1.82, 2.24) is 10.6 Å². The lowest BCUT2D eigenvalue weighted by atomic mass is 10.2. The van der Waals surface area contributed by atoms with Crippen LogP contribution in [0.5, 0.6) is 5.75 Å². The molecule has 0 radical (unpaired) electrons. The average molecular weight is 513 g/mol. The van der Waals surface area contributed by atoms with E-state index in [4.69, 9.17) is 4.42 Å². The largest absolute Gasteiger partial charge is 0.484 e. The maximum absolute atomic E-state index is 12.1. The highest BCUT2D eigenvalue weighted by atomic mass is 127. The first kappa shape index (κ1) is 24.1. The van der Waals surface area contributed by atoms with E-state index in [1.54, 1.807) is 24.3 Å². The van der Waals surface area contributed by atoms with E-state index in [2.05, 4.69) is 20.4 Å². The number of aliphatic imine (C=N–C) groups is 1. The molecular formula is C18H23F3IN3O3. The number of benzene rings is 1. The predicted molar refractivity (Wildman–Crippen MR) is 110 cm³/mol. The predicted octanol–water partition coefficient (Wildman–Crippen LogP) is 3.63. The van der Waals surface area contributed by atoms with Crippen LogP contribution in [0.15, 0.2) is 52.1 Å². The Bertz CT molecular complexity index is 707. The number of alkyl halides is 3. The van der Waals surface area contributed by atoms with Crippen LogP contribution in [0, 0.1) is 0 Å². The topological polar surface area (TPSA) is 79.0 Å². The number of rotatable bonds is 8. The third-order valence-corrected chi connectivity index (χ3v) is 3.42. The number of aliphatic hydroxyl groups excluding tert-OH is 1. The van der Waals surface area contributed by atoms with E-state index >= 15 is 0 Å². The molecule has 0 spiro atoms. The monoisotopic (exact) mass is 513 g/mol. The van der Waals surface area contributed by atoms with Gasteiger partial charge in [-0.3, -0.25) is 0 Å². The molecule has 1 aromatic carbocycles. The first-order valence-corrected chi connectivity index (χ1v) is 8.39. The number of ether oxygens (including phenoxy) is 1. The lowest BCUT2D eigenvalue weighted by Gasteiger charge is -2.14. The summed E-state index contributed by atoms with van der Waals surface area (Å²) in [5.74, 6) is 1.10. The normalized spacial score (nSPS) is 12.8. The van der Waals surface area contributed by atoms with E-state index in [0.29, 0.717) is 24.8 Å². The van der Waals surface area contributed by atoms with Gasteiger partial charge in [0, 0.05) is 6.54 Å². The highest BCUT2D eigenvalue weighted by Crippen LogP contribution is 2.19. The quantitative estimate of drug-likeness (QED) is 0.286. The first-order valence-electron chi connectivity index (χ1n) is 8.39. The van der Waals surface area contributed by atoms with Crippen LogP contribution in [-0.2, 0) is 6.54 Å². The summed E-state index contributed by atoms with van der Waals surface area (Å²) in [4.78, 5) is 4.38. The van der Waals surface area contributed by atoms with Gasteiger partial charge in [0.05, 0.1) is 19.4 Å². The minimum atomic E-state index is -4.37. The molecule has 0 saturated carbocycles. The third kappa shape index (κ3) is 8.83. The highest BCUT2D eigenvalue weighted by Gasteiger charge is 2.28. The Labute approximate surface area is 178 Å². The Kier molecular flexibility index (Phi) is 10.1. The summed E-state index contributed by atoms with van der Waals surface area (Å²) < 4.78 is 46.2. The molecule has 156 valence electrons. The zero-order valence-electron chi connectivity index (χ0n) is 15.2. The van der Waals surface area contributed by atoms with Crippen LogP contribution in [0.25, 0.3) is 0 Å². The van der Waals surface area contributed by atoms with E-state index in [0.717, 1.165) is 5.56 Å². The van der Waals surface area contributed by atoms with E-state index in [-0.39, 0.29) is 36.3 Å². The Morgan fingerprint density at radius 2 is 1.93 bits per heavy atom. The van der Waals surface area contributed by atoms with Crippen molar-refractivity contribution in [3.8, 4) is 5.75 Å². The Balaban J connectivity index is 0.00000392. The summed E-state index contributed by atoms with van der Waals surface area (Å²) in [6.07, 6.45) is -3.69. The zero-order chi connectivity index (χ0) is 19.7. The van der Waals surface area contributed by atoms with Gasteiger partial charge < -0.3 is 24.9 Å². The fourth-order valence-corrected chi connectivity index (χ4v) is 2.14. The van der Waals surface area contributed by atoms with Gasteiger partial charge in [-0.05, 0) is 36.8 Å². The van der Waals surface area contributed by atoms with E-state index < -0.39 is 18.9 Å². The van der Waals surface area contributed by atoms with Crippen molar-refractivity contribution in [3.63, 3.8) is 0 Å². The molecule has 0 aliphatic rings. The van der Waals surface area contributed by atoms with Crippen molar-refractivity contribution >= 4 is 29.9 Å². The number of hydrogen-bond donors (Lipinski definition) is 3. The molecule has 1 heterocycles. The fourth-order valence-electron chi connectivity index (χ4n) is 2.14. The van der Waals surface area contributed by atoms with Gasteiger partial charge >= 0.3 is 6.18 Å². The molecule has 0 amide bonds. The van der Waals surface area contributed by atoms with E-state index in [1.807, 2.05) is 6.92 Å². The zero-order valence-corrected chi connectivity index (χ0v) is 17.5. The van der Waals surface area contributed by atoms with E-state index in [1.165, 1.54) is 18.4 Å². The maximum atomic E-state index is 12.1. The minimum Gasteiger partial charge on any atom is -0.484 e. The van der Waals surface area contributed by atoms with Gasteiger partial charge in [0.1, 0.15) is 17.6 Å². The Morgan fingerprint density at radius 3 is 2.50 bits per heavy atom. The van der Waals surface area contributed by atoms with Crippen LogP contribution in [0.3, 0.4) is 0 Å². The smallest absolute Gasteiger partial charge is 0.422 e. The van der Waals surface area contributed by atoms with Crippen LogP contribution in [-0.4, -0.2) is 36.9 Å². The van der Waals surface area contributed by atoms with Crippen molar-refractivity contribution in [2.24, 2.45) is 4.99 Å². The second kappa shape index (κ2) is 11.8. The Hall–Kier alpha value is -1.95. The molecule has 1 atom stereocenters. The number of furan rings is 1. The fraction of sp³-hybridized carbons (Fsp3) is 0.389. The summed E-state index contributed by atoms with van der Waals surface area (Å²) in [5.41, 5.74) is 0.804. The van der Waals surface area contributed by atoms with E-state index in [9.17, 15) is 18.3 Å². The number of guanidine groups is 1. The lowest BCUT2D eigenvalue weighted by molar-refractivity contribution is -0.153. The van der Waals surface area contributed by atoms with Gasteiger partial charge in [-0.2, -0.15) is 13.2 Å². The summed E-state index contributed by atoms with van der Waals surface area (Å²) in [7, 11) is 0. The van der Waals surface area contributed by atoms with Gasteiger partial charge in [-0.1, -0.05) is 12.1 Å². The molecule has 1 unspecified atom stereocenters. The summed E-state index contributed by atoms with van der Waals surface area (Å²) >= 11 is 0. The molecule has 3 N–H and O–H groups in total. The maximum Gasteiger partial charge on any atom is 0.422 e. The van der Waals surface area contributed by atoms with Crippen LogP contribution >= 0.6 is 24.0 Å².